The lowest BCUT2D eigenvalue weighted by Gasteiger charge is -2.24. The van der Waals surface area contributed by atoms with Gasteiger partial charge in [-0.25, -0.2) is 4.79 Å². The highest BCUT2D eigenvalue weighted by atomic mass is 16.6. The second-order valence-corrected chi connectivity index (χ2v) is 7.96. The summed E-state index contributed by atoms with van der Waals surface area (Å²) in [5.41, 5.74) is 9.91. The second kappa shape index (κ2) is 8.03. The third-order valence-electron chi connectivity index (χ3n) is 4.70. The molecule has 1 aromatic carbocycles. The van der Waals surface area contributed by atoms with E-state index in [1.807, 2.05) is 32.9 Å². The number of carbonyl (C=O) groups is 2. The van der Waals surface area contributed by atoms with Gasteiger partial charge in [-0.15, -0.1) is 0 Å². The molecule has 1 heterocycles. The maximum atomic E-state index is 12.5. The van der Waals surface area contributed by atoms with E-state index in [1.54, 1.807) is 4.90 Å². The first kappa shape index (κ1) is 20.8. The predicted molar refractivity (Wildman–Crippen MR) is 107 cm³/mol. The number of aryl methyl sites for hydroxylation is 2. The summed E-state index contributed by atoms with van der Waals surface area (Å²) in [4.78, 5) is 26.2. The predicted octanol–water partition coefficient (Wildman–Crippen LogP) is 3.60. The number of hydrogen-bond donors (Lipinski definition) is 2. The molecule has 1 aliphatic heterocycles. The lowest BCUT2D eigenvalue weighted by Crippen LogP contribution is -2.35. The van der Waals surface area contributed by atoms with Crippen LogP contribution in [0.4, 0.5) is 10.5 Å². The molecule has 2 amide bonds. The number of hydrogen-bond acceptors (Lipinski definition) is 4. The van der Waals surface area contributed by atoms with Crippen LogP contribution in [0.3, 0.4) is 0 Å². The molecule has 0 aromatic heterocycles. The summed E-state index contributed by atoms with van der Waals surface area (Å²) in [5, 5.41) is 2.87. The van der Waals surface area contributed by atoms with Gasteiger partial charge < -0.3 is 20.7 Å². The van der Waals surface area contributed by atoms with Crippen molar-refractivity contribution in [2.24, 2.45) is 5.73 Å². The highest BCUT2D eigenvalue weighted by molar-refractivity contribution is 6.03. The van der Waals surface area contributed by atoms with E-state index in [0.29, 0.717) is 19.5 Å². The van der Waals surface area contributed by atoms with Gasteiger partial charge in [0.15, 0.2) is 0 Å². The van der Waals surface area contributed by atoms with Crippen molar-refractivity contribution in [3.8, 4) is 0 Å². The monoisotopic (exact) mass is 373 g/mol. The molecule has 0 unspecified atom stereocenters. The molecule has 1 saturated heterocycles. The topological polar surface area (TPSA) is 84.7 Å². The molecule has 3 rings (SSSR count). The van der Waals surface area contributed by atoms with E-state index in [2.05, 4.69) is 11.4 Å². The molecule has 0 atom stereocenters. The van der Waals surface area contributed by atoms with Crippen molar-refractivity contribution >= 4 is 17.7 Å². The number of ether oxygens (including phenoxy) is 1. The van der Waals surface area contributed by atoms with Crippen molar-refractivity contribution in [1.29, 1.82) is 0 Å². The normalized spacial score (nSPS) is 17.8. The lowest BCUT2D eigenvalue weighted by atomic mass is 10.1. The van der Waals surface area contributed by atoms with E-state index in [9.17, 15) is 9.59 Å². The minimum atomic E-state index is -0.542. The van der Waals surface area contributed by atoms with E-state index >= 15 is 0 Å². The Hall–Kier alpha value is -2.50. The van der Waals surface area contributed by atoms with Gasteiger partial charge in [0, 0.05) is 18.8 Å². The van der Waals surface area contributed by atoms with Gasteiger partial charge in [-0.2, -0.15) is 0 Å². The van der Waals surface area contributed by atoms with E-state index in [-0.39, 0.29) is 25.1 Å². The Bertz CT molecular complexity index is 762. The molecule has 6 nitrogen and oxygen atoms in total. The Morgan fingerprint density at radius 3 is 2.56 bits per heavy atom. The summed E-state index contributed by atoms with van der Waals surface area (Å²) in [7, 11) is 0. The van der Waals surface area contributed by atoms with E-state index in [4.69, 9.17) is 10.5 Å². The molecule has 2 aliphatic rings. The summed E-state index contributed by atoms with van der Waals surface area (Å²) in [5.74, 6) is -0.316. The molecule has 0 bridgehead atoms. The maximum absolute atomic E-state index is 12.5. The van der Waals surface area contributed by atoms with Crippen LogP contribution in [0.15, 0.2) is 29.5 Å². The van der Waals surface area contributed by atoms with Gasteiger partial charge in [0.2, 0.25) is 0 Å². The van der Waals surface area contributed by atoms with E-state index in [0.717, 1.165) is 24.1 Å². The first-order chi connectivity index (χ1) is 12.2. The number of nitrogens with two attached hydrogens (primary N) is 1. The summed E-state index contributed by atoms with van der Waals surface area (Å²) in [6.07, 6.45) is 3.54. The first-order valence-corrected chi connectivity index (χ1v) is 9.11. The molecule has 148 valence electrons. The van der Waals surface area contributed by atoms with Crippen LogP contribution in [-0.4, -0.2) is 35.6 Å². The van der Waals surface area contributed by atoms with Crippen molar-refractivity contribution in [2.75, 3.05) is 18.4 Å². The third kappa shape index (κ3) is 5.02. The Kier molecular flexibility index (Phi) is 6.19. The highest BCUT2D eigenvalue weighted by Gasteiger charge is 2.29. The van der Waals surface area contributed by atoms with Gasteiger partial charge in [-0.05, 0) is 75.3 Å². The minimum Gasteiger partial charge on any atom is -0.444 e. The number of nitrogens with zero attached hydrogens (tertiary/aromatic N) is 1. The average molecular weight is 373 g/mol. The molecule has 1 aromatic rings. The van der Waals surface area contributed by atoms with Crippen molar-refractivity contribution < 1.29 is 14.3 Å². The van der Waals surface area contributed by atoms with Crippen LogP contribution < -0.4 is 11.1 Å². The Morgan fingerprint density at radius 1 is 1.15 bits per heavy atom. The molecular formula is C21H31N3O3. The van der Waals surface area contributed by atoms with Crippen molar-refractivity contribution in [3.63, 3.8) is 0 Å². The lowest BCUT2D eigenvalue weighted by molar-refractivity contribution is -0.113. The number of fused-ring (bicyclic) bond motifs is 1. The molecule has 3 N–H and O–H groups in total. The zero-order chi connectivity index (χ0) is 18.9. The van der Waals surface area contributed by atoms with Crippen LogP contribution in [0.5, 0.6) is 0 Å². The standard InChI is InChI=1S/C20H27N3O3.CH4/c1-20(2,3)26-19(25)23-10-9-15(12-23)17(21)18(24)22-16-8-7-13-5-4-6-14(13)11-16;/h7-8,11H,4-6,9-10,12,21H2,1-3H3,(H,22,24);1H4/b17-15+;. The summed E-state index contributed by atoms with van der Waals surface area (Å²) >= 11 is 0. The number of likely N-dealkylation sites (tertiary alicyclic amines) is 1. The molecule has 27 heavy (non-hydrogen) atoms. The molecule has 0 radical (unpaired) electrons. The van der Waals surface area contributed by atoms with Crippen molar-refractivity contribution in [1.82, 2.24) is 4.90 Å². The number of benzene rings is 1. The molecule has 1 aliphatic carbocycles. The van der Waals surface area contributed by atoms with Crippen molar-refractivity contribution in [2.45, 2.75) is 59.5 Å². The Morgan fingerprint density at radius 2 is 1.85 bits per heavy atom. The Balaban J connectivity index is 0.00000261. The van der Waals surface area contributed by atoms with E-state index < -0.39 is 5.60 Å². The van der Waals surface area contributed by atoms with Crippen LogP contribution in [0.25, 0.3) is 0 Å². The van der Waals surface area contributed by atoms with E-state index in [1.165, 1.54) is 17.5 Å². The second-order valence-electron chi connectivity index (χ2n) is 7.96. The quantitative estimate of drug-likeness (QED) is 0.776. The molecular weight excluding hydrogens is 342 g/mol. The summed E-state index contributed by atoms with van der Waals surface area (Å²) in [6.45, 7) is 6.33. The zero-order valence-electron chi connectivity index (χ0n) is 15.7. The molecule has 6 heteroatoms. The Labute approximate surface area is 161 Å². The van der Waals surface area contributed by atoms with Crippen LogP contribution >= 0.6 is 0 Å². The van der Waals surface area contributed by atoms with Crippen LogP contribution in [0.2, 0.25) is 0 Å². The largest absolute Gasteiger partial charge is 0.444 e. The molecule has 0 spiro atoms. The number of nitrogens with one attached hydrogen (secondary N) is 1. The van der Waals surface area contributed by atoms with Gasteiger partial charge in [0.25, 0.3) is 5.91 Å². The van der Waals surface area contributed by atoms with Crippen molar-refractivity contribution in [3.05, 3.63) is 40.6 Å². The van der Waals surface area contributed by atoms with Crippen LogP contribution in [0, 0.1) is 0 Å². The number of carbonyl (C=O) groups excluding carboxylic acids is 2. The smallest absolute Gasteiger partial charge is 0.410 e. The SMILES string of the molecule is C.CC(C)(C)OC(=O)N1CC/C(=C(\N)C(=O)Nc2ccc3c(c2)CCC3)C1. The first-order valence-electron chi connectivity index (χ1n) is 9.11. The van der Waals surface area contributed by atoms with Gasteiger partial charge >= 0.3 is 6.09 Å². The maximum Gasteiger partial charge on any atom is 0.410 e. The van der Waals surface area contributed by atoms with Gasteiger partial charge in [0.1, 0.15) is 5.60 Å². The minimum absolute atomic E-state index is 0. The highest BCUT2D eigenvalue weighted by Crippen LogP contribution is 2.25. The van der Waals surface area contributed by atoms with Crippen LogP contribution in [-0.2, 0) is 22.4 Å². The fourth-order valence-corrected chi connectivity index (χ4v) is 3.37. The fraction of sp³-hybridized carbons (Fsp3) is 0.524. The zero-order valence-corrected chi connectivity index (χ0v) is 15.7. The van der Waals surface area contributed by atoms with Gasteiger partial charge in [-0.3, -0.25) is 4.79 Å². The third-order valence-corrected chi connectivity index (χ3v) is 4.70. The average Bonchev–Trinajstić information content (AvgIpc) is 3.21. The number of amides is 2. The number of rotatable bonds is 2. The van der Waals surface area contributed by atoms with Crippen LogP contribution in [0.1, 0.15) is 52.2 Å². The molecule has 0 saturated carbocycles. The summed E-state index contributed by atoms with van der Waals surface area (Å²) < 4.78 is 5.37. The molecule has 1 fully saturated rings. The number of anilines is 1. The van der Waals surface area contributed by atoms with Gasteiger partial charge in [0.05, 0.1) is 5.70 Å². The fourth-order valence-electron chi connectivity index (χ4n) is 3.37. The van der Waals surface area contributed by atoms with Gasteiger partial charge in [-0.1, -0.05) is 13.5 Å². The summed E-state index contributed by atoms with van der Waals surface area (Å²) in [6, 6.07) is 6.02.